The first-order valence-electron chi connectivity index (χ1n) is 4.85. The Morgan fingerprint density at radius 2 is 2.15 bits per heavy atom. The summed E-state index contributed by atoms with van der Waals surface area (Å²) in [4.78, 5) is 5.58. The molecule has 1 aromatic heterocycles. The quantitative estimate of drug-likeness (QED) is 0.668. The maximum atomic E-state index is 4.19. The number of nitrogens with zero attached hydrogens (tertiary/aromatic N) is 1. The van der Waals surface area contributed by atoms with Crippen LogP contribution in [0.5, 0.6) is 0 Å². The van der Waals surface area contributed by atoms with Crippen LogP contribution in [-0.2, 0) is 6.42 Å². The van der Waals surface area contributed by atoms with Crippen molar-refractivity contribution in [1.82, 2.24) is 4.98 Å². The molecule has 0 aliphatic heterocycles. The van der Waals surface area contributed by atoms with Gasteiger partial charge < -0.3 is 0 Å². The molecule has 0 spiro atoms. The Morgan fingerprint density at radius 1 is 1.46 bits per heavy atom. The van der Waals surface area contributed by atoms with Crippen molar-refractivity contribution in [3.63, 3.8) is 0 Å². The largest absolute Gasteiger partial charge is 0.250 e. The van der Waals surface area contributed by atoms with Crippen LogP contribution in [-0.4, -0.2) is 4.98 Å². The van der Waals surface area contributed by atoms with E-state index in [9.17, 15) is 0 Å². The van der Waals surface area contributed by atoms with Crippen LogP contribution in [0.15, 0.2) is 18.3 Å². The van der Waals surface area contributed by atoms with Crippen molar-refractivity contribution in [3.05, 3.63) is 28.2 Å². The summed E-state index contributed by atoms with van der Waals surface area (Å²) in [6.07, 6.45) is 8.53. The third kappa shape index (κ3) is 5.58. The van der Waals surface area contributed by atoms with Crippen molar-refractivity contribution in [2.24, 2.45) is 0 Å². The highest BCUT2D eigenvalue weighted by Crippen LogP contribution is 2.13. The average molecular weight is 197 g/mol. The summed E-state index contributed by atoms with van der Waals surface area (Å²) >= 11 is 1.79. The molecule has 2 heteroatoms. The summed E-state index contributed by atoms with van der Waals surface area (Å²) in [6, 6.07) is 0. The van der Waals surface area contributed by atoms with E-state index in [-0.39, 0.29) is 0 Å². The van der Waals surface area contributed by atoms with Gasteiger partial charge >= 0.3 is 0 Å². The normalized spacial score (nSPS) is 9.85. The number of thiazole rings is 1. The molecular formula is C11H19NS. The zero-order valence-electron chi connectivity index (χ0n) is 9.00. The molecule has 0 saturated carbocycles. The molecule has 74 valence electrons. The van der Waals surface area contributed by atoms with Gasteiger partial charge in [0.2, 0.25) is 0 Å². The Hall–Kier alpha value is -0.630. The van der Waals surface area contributed by atoms with Crippen molar-refractivity contribution in [3.8, 4) is 0 Å². The zero-order chi connectivity index (χ0) is 10.1. The molecule has 0 fully saturated rings. The first kappa shape index (κ1) is 12.4. The van der Waals surface area contributed by atoms with Crippen LogP contribution in [0.1, 0.15) is 37.1 Å². The van der Waals surface area contributed by atoms with Crippen molar-refractivity contribution < 1.29 is 0 Å². The van der Waals surface area contributed by atoms with Crippen molar-refractivity contribution in [2.75, 3.05) is 0 Å². The Morgan fingerprint density at radius 3 is 2.62 bits per heavy atom. The van der Waals surface area contributed by atoms with Gasteiger partial charge in [0.25, 0.3) is 0 Å². The lowest BCUT2D eigenvalue weighted by molar-refractivity contribution is 1.02. The van der Waals surface area contributed by atoms with E-state index < -0.39 is 0 Å². The molecule has 13 heavy (non-hydrogen) atoms. The minimum absolute atomic E-state index is 1.13. The van der Waals surface area contributed by atoms with E-state index in [4.69, 9.17) is 0 Å². The van der Waals surface area contributed by atoms with E-state index >= 15 is 0 Å². The predicted octanol–water partition coefficient (Wildman–Crippen LogP) is 3.99. The standard InChI is InChI=1S/C9H13NS.C2H6/c1-3-4-5-6-9-7-10-8(2)11-9;1-2/h3-4,7H,5-6H2,1-2H3;1-2H3/b4-3-;. The second-order valence-electron chi connectivity index (χ2n) is 2.45. The molecule has 0 amide bonds. The molecule has 0 unspecified atom stereocenters. The van der Waals surface area contributed by atoms with Crippen LogP contribution >= 0.6 is 11.3 Å². The first-order valence-corrected chi connectivity index (χ1v) is 5.67. The molecule has 0 aliphatic rings. The maximum absolute atomic E-state index is 4.19. The van der Waals surface area contributed by atoms with Gasteiger partial charge in [-0.3, -0.25) is 0 Å². The fraction of sp³-hybridized carbons (Fsp3) is 0.545. The fourth-order valence-electron chi connectivity index (χ4n) is 0.913. The molecule has 0 saturated heterocycles. The summed E-state index contributed by atoms with van der Waals surface area (Å²) in [5.41, 5.74) is 0. The van der Waals surface area contributed by atoms with Gasteiger partial charge in [-0.2, -0.15) is 0 Å². The minimum atomic E-state index is 1.13. The number of aromatic nitrogens is 1. The molecule has 1 aromatic rings. The van der Waals surface area contributed by atoms with Gasteiger partial charge in [0.1, 0.15) is 0 Å². The lowest BCUT2D eigenvalue weighted by atomic mass is 10.3. The Labute approximate surface area is 85.5 Å². The van der Waals surface area contributed by atoms with E-state index in [1.807, 2.05) is 27.0 Å². The van der Waals surface area contributed by atoms with Crippen LogP contribution in [0.2, 0.25) is 0 Å². The number of allylic oxidation sites excluding steroid dienone is 2. The topological polar surface area (TPSA) is 12.9 Å². The monoisotopic (exact) mass is 197 g/mol. The van der Waals surface area contributed by atoms with Crippen LogP contribution in [0, 0.1) is 6.92 Å². The summed E-state index contributed by atoms with van der Waals surface area (Å²) < 4.78 is 0. The smallest absolute Gasteiger partial charge is 0.0896 e. The highest BCUT2D eigenvalue weighted by atomic mass is 32.1. The first-order chi connectivity index (χ1) is 6.33. The Kier molecular flexibility index (Phi) is 7.60. The molecule has 0 aliphatic carbocycles. The molecule has 0 aromatic carbocycles. The second kappa shape index (κ2) is 7.99. The van der Waals surface area contributed by atoms with E-state index in [1.54, 1.807) is 11.3 Å². The van der Waals surface area contributed by atoms with Gasteiger partial charge in [-0.15, -0.1) is 11.3 Å². The molecule has 0 N–H and O–H groups in total. The van der Waals surface area contributed by atoms with Crippen molar-refractivity contribution >= 4 is 11.3 Å². The molecular weight excluding hydrogens is 178 g/mol. The lowest BCUT2D eigenvalue weighted by Crippen LogP contribution is -1.74. The van der Waals surface area contributed by atoms with Crippen molar-refractivity contribution in [2.45, 2.75) is 40.5 Å². The summed E-state index contributed by atoms with van der Waals surface area (Å²) in [7, 11) is 0. The molecule has 1 nitrogen and oxygen atoms in total. The molecule has 0 radical (unpaired) electrons. The number of aryl methyl sites for hydroxylation is 2. The van der Waals surface area contributed by atoms with Crippen LogP contribution in [0.25, 0.3) is 0 Å². The zero-order valence-corrected chi connectivity index (χ0v) is 9.82. The number of hydrogen-bond donors (Lipinski definition) is 0. The van der Waals surface area contributed by atoms with Gasteiger partial charge in [-0.05, 0) is 26.7 Å². The number of rotatable bonds is 3. The van der Waals surface area contributed by atoms with Crippen molar-refractivity contribution in [1.29, 1.82) is 0 Å². The van der Waals surface area contributed by atoms with Crippen LogP contribution in [0.4, 0.5) is 0 Å². The third-order valence-corrected chi connectivity index (χ3v) is 2.43. The van der Waals surface area contributed by atoms with E-state index in [1.165, 1.54) is 9.88 Å². The van der Waals surface area contributed by atoms with Gasteiger partial charge in [0, 0.05) is 11.1 Å². The number of hydrogen-bond acceptors (Lipinski definition) is 2. The van der Waals surface area contributed by atoms with E-state index in [2.05, 4.69) is 24.1 Å². The lowest BCUT2D eigenvalue weighted by Gasteiger charge is -1.87. The van der Waals surface area contributed by atoms with Gasteiger partial charge in [-0.25, -0.2) is 4.98 Å². The molecule has 0 atom stereocenters. The highest BCUT2D eigenvalue weighted by molar-refractivity contribution is 7.11. The predicted molar refractivity (Wildman–Crippen MR) is 61.3 cm³/mol. The Bertz CT molecular complexity index is 238. The maximum Gasteiger partial charge on any atom is 0.0896 e. The Balaban J connectivity index is 0.000000671. The van der Waals surface area contributed by atoms with Crippen LogP contribution < -0.4 is 0 Å². The SMILES string of the molecule is C/C=C\CCc1cnc(C)s1.CC. The van der Waals surface area contributed by atoms with Gasteiger partial charge in [-0.1, -0.05) is 26.0 Å². The molecule has 0 bridgehead atoms. The van der Waals surface area contributed by atoms with Gasteiger partial charge in [0.05, 0.1) is 5.01 Å². The summed E-state index contributed by atoms with van der Waals surface area (Å²) in [5.74, 6) is 0. The van der Waals surface area contributed by atoms with Gasteiger partial charge in [0.15, 0.2) is 0 Å². The second-order valence-corrected chi connectivity index (χ2v) is 3.77. The minimum Gasteiger partial charge on any atom is -0.250 e. The van der Waals surface area contributed by atoms with Crippen LogP contribution in [0.3, 0.4) is 0 Å². The third-order valence-electron chi connectivity index (χ3n) is 1.46. The fourth-order valence-corrected chi connectivity index (χ4v) is 1.72. The highest BCUT2D eigenvalue weighted by Gasteiger charge is 1.94. The summed E-state index contributed by atoms with van der Waals surface area (Å²) in [6.45, 7) is 8.10. The summed E-state index contributed by atoms with van der Waals surface area (Å²) in [5, 5.41) is 1.17. The molecule has 1 rings (SSSR count). The average Bonchev–Trinajstić information content (AvgIpc) is 2.56. The van der Waals surface area contributed by atoms with E-state index in [0.717, 1.165) is 12.8 Å². The van der Waals surface area contributed by atoms with E-state index in [0.29, 0.717) is 0 Å². The molecule has 1 heterocycles.